The van der Waals surface area contributed by atoms with Crippen LogP contribution in [0.1, 0.15) is 41.3 Å². The third kappa shape index (κ3) is 5.54. The molecule has 2 unspecified atom stereocenters. The number of rotatable bonds is 5. The average Bonchev–Trinajstić information content (AvgIpc) is 3.31. The van der Waals surface area contributed by atoms with Crippen LogP contribution < -0.4 is 5.32 Å². The van der Waals surface area contributed by atoms with E-state index in [1.807, 2.05) is 17.9 Å². The maximum Gasteiger partial charge on any atom is 0.255 e. The Morgan fingerprint density at radius 1 is 1.24 bits per heavy atom. The van der Waals surface area contributed by atoms with Gasteiger partial charge in [0.2, 0.25) is 0 Å². The van der Waals surface area contributed by atoms with E-state index in [0.29, 0.717) is 30.4 Å². The van der Waals surface area contributed by atoms with E-state index in [1.54, 1.807) is 12.1 Å². The minimum Gasteiger partial charge on any atom is -0.368 e. The molecular formula is C25H29ClFN3O3. The number of carbonyl (C=O) groups is 2. The van der Waals surface area contributed by atoms with E-state index in [1.165, 1.54) is 18.2 Å². The minimum atomic E-state index is -0.461. The number of hydrogen-bond acceptors (Lipinski definition) is 4. The number of benzene rings is 2. The molecule has 2 atom stereocenters. The maximum absolute atomic E-state index is 13.5. The maximum atomic E-state index is 13.5. The number of anilines is 1. The fraction of sp³-hybridized carbons (Fsp3) is 0.440. The summed E-state index contributed by atoms with van der Waals surface area (Å²) < 4.78 is 19.1. The molecule has 0 aromatic heterocycles. The molecule has 2 aromatic carbocycles. The highest BCUT2D eigenvalue weighted by molar-refractivity contribution is 6.31. The zero-order valence-corrected chi connectivity index (χ0v) is 19.7. The predicted molar refractivity (Wildman–Crippen MR) is 126 cm³/mol. The van der Waals surface area contributed by atoms with Crippen LogP contribution in [0, 0.1) is 12.7 Å². The summed E-state index contributed by atoms with van der Waals surface area (Å²) in [5.74, 6) is -0.751. The largest absolute Gasteiger partial charge is 0.368 e. The van der Waals surface area contributed by atoms with Gasteiger partial charge in [0.1, 0.15) is 11.9 Å². The predicted octanol–water partition coefficient (Wildman–Crippen LogP) is 4.25. The molecule has 4 rings (SSSR count). The summed E-state index contributed by atoms with van der Waals surface area (Å²) in [5, 5.41) is 3.38. The number of halogens is 2. The summed E-state index contributed by atoms with van der Waals surface area (Å²) in [5.41, 5.74) is 2.77. The molecule has 0 saturated carbocycles. The number of nitrogens with one attached hydrogen (secondary N) is 1. The molecule has 6 nitrogen and oxygen atoms in total. The first-order valence-electron chi connectivity index (χ1n) is 11.3. The van der Waals surface area contributed by atoms with Crippen molar-refractivity contribution in [2.24, 2.45) is 0 Å². The lowest BCUT2D eigenvalue weighted by Gasteiger charge is -2.41. The zero-order valence-electron chi connectivity index (χ0n) is 18.9. The van der Waals surface area contributed by atoms with Crippen molar-refractivity contribution in [3.63, 3.8) is 0 Å². The van der Waals surface area contributed by atoms with Crippen LogP contribution >= 0.6 is 11.6 Å². The van der Waals surface area contributed by atoms with Gasteiger partial charge in [0.15, 0.2) is 0 Å². The van der Waals surface area contributed by atoms with Crippen LogP contribution in [-0.4, -0.2) is 60.0 Å². The van der Waals surface area contributed by atoms with Gasteiger partial charge in [-0.15, -0.1) is 0 Å². The van der Waals surface area contributed by atoms with Gasteiger partial charge in [-0.1, -0.05) is 17.7 Å². The molecule has 0 aliphatic carbocycles. The Morgan fingerprint density at radius 3 is 2.76 bits per heavy atom. The third-order valence-electron chi connectivity index (χ3n) is 6.41. The van der Waals surface area contributed by atoms with Gasteiger partial charge in [-0.2, -0.15) is 0 Å². The van der Waals surface area contributed by atoms with Crippen molar-refractivity contribution in [2.75, 3.05) is 31.6 Å². The molecule has 2 amide bonds. The van der Waals surface area contributed by atoms with Crippen LogP contribution in [0.4, 0.5) is 10.1 Å². The SMILES string of the molecule is Cc1c(CN2CCN(C(=O)C3CCCO3)C(C)C2)cc(Cl)cc1NC(=O)c1cccc(F)c1. The number of piperazine rings is 1. The van der Waals surface area contributed by atoms with Crippen molar-refractivity contribution in [1.29, 1.82) is 0 Å². The smallest absolute Gasteiger partial charge is 0.255 e. The Morgan fingerprint density at radius 2 is 2.06 bits per heavy atom. The van der Waals surface area contributed by atoms with E-state index in [9.17, 15) is 14.0 Å². The van der Waals surface area contributed by atoms with Crippen molar-refractivity contribution >= 4 is 29.1 Å². The molecule has 2 fully saturated rings. The van der Waals surface area contributed by atoms with E-state index in [4.69, 9.17) is 16.3 Å². The summed E-state index contributed by atoms with van der Waals surface area (Å²) in [6.07, 6.45) is 1.45. The van der Waals surface area contributed by atoms with Gasteiger partial charge in [-0.25, -0.2) is 4.39 Å². The molecule has 8 heteroatoms. The Labute approximate surface area is 198 Å². The highest BCUT2D eigenvalue weighted by Crippen LogP contribution is 2.28. The second kappa shape index (κ2) is 10.2. The fourth-order valence-corrected chi connectivity index (χ4v) is 4.80. The number of nitrogens with zero attached hydrogens (tertiary/aromatic N) is 2. The number of ether oxygens (including phenoxy) is 1. The number of hydrogen-bond donors (Lipinski definition) is 1. The first-order chi connectivity index (χ1) is 15.8. The van der Waals surface area contributed by atoms with Crippen LogP contribution in [-0.2, 0) is 16.1 Å². The topological polar surface area (TPSA) is 61.9 Å². The van der Waals surface area contributed by atoms with Crippen LogP contribution in [0.2, 0.25) is 5.02 Å². The van der Waals surface area contributed by atoms with E-state index >= 15 is 0 Å². The Kier molecular flexibility index (Phi) is 7.32. The molecule has 33 heavy (non-hydrogen) atoms. The zero-order chi connectivity index (χ0) is 23.5. The molecular weight excluding hydrogens is 445 g/mol. The molecule has 2 aliphatic heterocycles. The molecule has 0 spiro atoms. The minimum absolute atomic E-state index is 0.0853. The Bertz CT molecular complexity index is 1040. The second-order valence-electron chi connectivity index (χ2n) is 8.82. The standard InChI is InChI=1S/C25H29ClFN3O3/c1-16-14-29(8-9-30(16)25(32)23-7-4-10-33-23)15-19-11-20(26)13-22(17(19)2)28-24(31)18-5-3-6-21(27)12-18/h3,5-6,11-13,16,23H,4,7-10,14-15H2,1-2H3,(H,28,31). The average molecular weight is 474 g/mol. The molecule has 176 valence electrons. The highest BCUT2D eigenvalue weighted by Gasteiger charge is 2.34. The van der Waals surface area contributed by atoms with E-state index in [0.717, 1.165) is 37.1 Å². The van der Waals surface area contributed by atoms with Gasteiger partial charge >= 0.3 is 0 Å². The van der Waals surface area contributed by atoms with Gasteiger partial charge in [-0.05, 0) is 68.1 Å². The summed E-state index contributed by atoms with van der Waals surface area (Å²) in [6, 6.07) is 9.27. The summed E-state index contributed by atoms with van der Waals surface area (Å²) in [4.78, 5) is 29.6. The lowest BCUT2D eigenvalue weighted by atomic mass is 10.0. The van der Waals surface area contributed by atoms with Gasteiger partial charge in [0, 0.05) is 55.1 Å². The van der Waals surface area contributed by atoms with Crippen LogP contribution in [0.3, 0.4) is 0 Å². The van der Waals surface area contributed by atoms with Crippen molar-refractivity contribution in [3.05, 3.63) is 63.9 Å². The van der Waals surface area contributed by atoms with Gasteiger partial charge in [0.25, 0.3) is 11.8 Å². The molecule has 1 N–H and O–H groups in total. The fourth-order valence-electron chi connectivity index (χ4n) is 4.56. The van der Waals surface area contributed by atoms with Gasteiger partial charge in [0.05, 0.1) is 0 Å². The second-order valence-corrected chi connectivity index (χ2v) is 9.26. The van der Waals surface area contributed by atoms with Crippen molar-refractivity contribution < 1.29 is 18.7 Å². The molecule has 0 radical (unpaired) electrons. The lowest BCUT2D eigenvalue weighted by Crippen LogP contribution is -2.55. The van der Waals surface area contributed by atoms with Crippen LogP contribution in [0.5, 0.6) is 0 Å². The monoisotopic (exact) mass is 473 g/mol. The quantitative estimate of drug-likeness (QED) is 0.705. The Balaban J connectivity index is 1.43. The molecule has 2 aromatic rings. The summed E-state index contributed by atoms with van der Waals surface area (Å²) in [6.45, 7) is 7.47. The van der Waals surface area contributed by atoms with Gasteiger partial charge in [-0.3, -0.25) is 14.5 Å². The van der Waals surface area contributed by atoms with E-state index in [2.05, 4.69) is 17.1 Å². The molecule has 0 bridgehead atoms. The van der Waals surface area contributed by atoms with Crippen LogP contribution in [0.25, 0.3) is 0 Å². The number of amides is 2. The third-order valence-corrected chi connectivity index (χ3v) is 6.63. The summed E-state index contributed by atoms with van der Waals surface area (Å²) in [7, 11) is 0. The summed E-state index contributed by atoms with van der Waals surface area (Å²) >= 11 is 6.36. The van der Waals surface area contributed by atoms with E-state index < -0.39 is 5.82 Å². The van der Waals surface area contributed by atoms with Crippen LogP contribution in [0.15, 0.2) is 36.4 Å². The first-order valence-corrected chi connectivity index (χ1v) is 11.7. The normalized spacial score (nSPS) is 21.3. The molecule has 2 aliphatic rings. The van der Waals surface area contributed by atoms with Gasteiger partial charge < -0.3 is 15.0 Å². The molecule has 2 saturated heterocycles. The van der Waals surface area contributed by atoms with E-state index in [-0.39, 0.29) is 29.5 Å². The van der Waals surface area contributed by atoms with Crippen molar-refractivity contribution in [2.45, 2.75) is 45.4 Å². The highest BCUT2D eigenvalue weighted by atomic mass is 35.5. The lowest BCUT2D eigenvalue weighted by molar-refractivity contribution is -0.145. The first kappa shape index (κ1) is 23.7. The number of carbonyl (C=O) groups excluding carboxylic acids is 2. The van der Waals surface area contributed by atoms with Crippen molar-refractivity contribution in [1.82, 2.24) is 9.80 Å². The molecule has 2 heterocycles. The Hall–Kier alpha value is -2.48. The van der Waals surface area contributed by atoms with Crippen molar-refractivity contribution in [3.8, 4) is 0 Å².